The molecule has 1 aliphatic rings. The SMILES string of the molecule is C#CC1(n2cn[nH]c2=O)CCCCC1. The number of aromatic amines is 1. The maximum Gasteiger partial charge on any atom is 0.344 e. The Morgan fingerprint density at radius 1 is 1.50 bits per heavy atom. The van der Waals surface area contributed by atoms with Gasteiger partial charge in [0.25, 0.3) is 0 Å². The third-order valence-electron chi connectivity index (χ3n) is 2.96. The van der Waals surface area contributed by atoms with Gasteiger partial charge in [0, 0.05) is 0 Å². The Balaban J connectivity index is 2.43. The summed E-state index contributed by atoms with van der Waals surface area (Å²) in [4.78, 5) is 11.4. The number of nitrogens with zero attached hydrogens (tertiary/aromatic N) is 2. The number of aromatic nitrogens is 3. The summed E-state index contributed by atoms with van der Waals surface area (Å²) in [5.41, 5.74) is -0.632. The molecule has 74 valence electrons. The maximum absolute atomic E-state index is 11.4. The van der Waals surface area contributed by atoms with Gasteiger partial charge in [-0.15, -0.1) is 6.42 Å². The predicted octanol–water partition coefficient (Wildman–Crippen LogP) is 0.864. The molecule has 14 heavy (non-hydrogen) atoms. The van der Waals surface area contributed by atoms with E-state index in [4.69, 9.17) is 6.42 Å². The van der Waals surface area contributed by atoms with E-state index in [1.54, 1.807) is 4.57 Å². The lowest BCUT2D eigenvalue weighted by Gasteiger charge is -2.32. The van der Waals surface area contributed by atoms with Crippen LogP contribution in [0.5, 0.6) is 0 Å². The van der Waals surface area contributed by atoms with Crippen molar-refractivity contribution in [3.05, 3.63) is 16.8 Å². The second-order valence-electron chi connectivity index (χ2n) is 3.77. The Kier molecular flexibility index (Phi) is 2.16. The minimum absolute atomic E-state index is 0.204. The van der Waals surface area contributed by atoms with Crippen molar-refractivity contribution < 1.29 is 0 Å². The molecule has 2 rings (SSSR count). The summed E-state index contributed by atoms with van der Waals surface area (Å²) < 4.78 is 1.56. The van der Waals surface area contributed by atoms with E-state index in [2.05, 4.69) is 16.1 Å². The van der Waals surface area contributed by atoms with Crippen molar-refractivity contribution in [1.29, 1.82) is 0 Å². The van der Waals surface area contributed by atoms with E-state index in [0.29, 0.717) is 0 Å². The molecule has 1 heterocycles. The van der Waals surface area contributed by atoms with Crippen molar-refractivity contribution in [2.45, 2.75) is 37.6 Å². The molecule has 0 amide bonds. The van der Waals surface area contributed by atoms with Gasteiger partial charge in [0.05, 0.1) is 0 Å². The average molecular weight is 191 g/mol. The van der Waals surface area contributed by atoms with Crippen molar-refractivity contribution in [2.24, 2.45) is 0 Å². The average Bonchev–Trinajstić information content (AvgIpc) is 2.66. The second-order valence-corrected chi connectivity index (χ2v) is 3.77. The zero-order chi connectivity index (χ0) is 10.0. The van der Waals surface area contributed by atoms with Crippen molar-refractivity contribution in [2.75, 3.05) is 0 Å². The second kappa shape index (κ2) is 3.33. The first-order valence-corrected chi connectivity index (χ1v) is 4.89. The quantitative estimate of drug-likeness (QED) is 0.669. The zero-order valence-electron chi connectivity index (χ0n) is 7.99. The van der Waals surface area contributed by atoms with Crippen LogP contribution in [0.4, 0.5) is 0 Å². The van der Waals surface area contributed by atoms with Crippen LogP contribution in [0, 0.1) is 12.3 Å². The molecule has 1 fully saturated rings. The van der Waals surface area contributed by atoms with Crippen LogP contribution in [-0.4, -0.2) is 14.8 Å². The first-order chi connectivity index (χ1) is 6.78. The van der Waals surface area contributed by atoms with Gasteiger partial charge in [-0.05, 0) is 12.8 Å². The molecule has 0 radical (unpaired) electrons. The number of hydrogen-bond acceptors (Lipinski definition) is 2. The highest BCUT2D eigenvalue weighted by Gasteiger charge is 2.33. The van der Waals surface area contributed by atoms with Gasteiger partial charge in [0.15, 0.2) is 0 Å². The van der Waals surface area contributed by atoms with Crippen LogP contribution >= 0.6 is 0 Å². The van der Waals surface area contributed by atoms with E-state index in [9.17, 15) is 4.79 Å². The third kappa shape index (κ3) is 1.25. The van der Waals surface area contributed by atoms with Gasteiger partial charge in [-0.25, -0.2) is 9.89 Å². The summed E-state index contributed by atoms with van der Waals surface area (Å²) >= 11 is 0. The van der Waals surface area contributed by atoms with Crippen LogP contribution in [0.2, 0.25) is 0 Å². The lowest BCUT2D eigenvalue weighted by atomic mass is 9.82. The van der Waals surface area contributed by atoms with E-state index >= 15 is 0 Å². The highest BCUT2D eigenvalue weighted by molar-refractivity contribution is 5.12. The monoisotopic (exact) mass is 191 g/mol. The molecule has 0 spiro atoms. The molecule has 4 heteroatoms. The highest BCUT2D eigenvalue weighted by Crippen LogP contribution is 2.32. The number of H-pyrrole nitrogens is 1. The van der Waals surface area contributed by atoms with Gasteiger partial charge in [-0.1, -0.05) is 25.2 Å². The standard InChI is InChI=1S/C10H13N3O/c1-2-10(6-4-3-5-7-10)13-8-11-12-9(13)14/h1,8H,3-7H2,(H,12,14). The molecule has 1 saturated carbocycles. The zero-order valence-corrected chi connectivity index (χ0v) is 7.99. The number of nitrogens with one attached hydrogen (secondary N) is 1. The smallest absolute Gasteiger partial charge is 0.264 e. The Bertz CT molecular complexity index is 403. The van der Waals surface area contributed by atoms with Gasteiger partial charge in [0.1, 0.15) is 11.9 Å². The van der Waals surface area contributed by atoms with Crippen LogP contribution < -0.4 is 5.69 Å². The number of terminal acetylenes is 1. The fourth-order valence-electron chi connectivity index (χ4n) is 2.14. The Morgan fingerprint density at radius 3 is 2.71 bits per heavy atom. The minimum atomic E-state index is -0.428. The van der Waals surface area contributed by atoms with Crippen LogP contribution in [0.1, 0.15) is 32.1 Å². The molecule has 0 atom stereocenters. The molecule has 1 aromatic rings. The molecule has 0 aromatic carbocycles. The van der Waals surface area contributed by atoms with Crippen molar-refractivity contribution in [3.63, 3.8) is 0 Å². The van der Waals surface area contributed by atoms with Gasteiger partial charge in [-0.3, -0.25) is 4.57 Å². The van der Waals surface area contributed by atoms with Gasteiger partial charge in [0.2, 0.25) is 0 Å². The first-order valence-electron chi connectivity index (χ1n) is 4.89. The summed E-state index contributed by atoms with van der Waals surface area (Å²) in [7, 11) is 0. The fraction of sp³-hybridized carbons (Fsp3) is 0.600. The summed E-state index contributed by atoms with van der Waals surface area (Å²) in [6.45, 7) is 0. The molecule has 1 N–H and O–H groups in total. The Labute approximate surface area is 82.3 Å². The predicted molar refractivity (Wildman–Crippen MR) is 52.7 cm³/mol. The van der Waals surface area contributed by atoms with Gasteiger partial charge in [-0.2, -0.15) is 5.10 Å². The molecule has 0 unspecified atom stereocenters. The number of hydrogen-bond donors (Lipinski definition) is 1. The maximum atomic E-state index is 11.4. The lowest BCUT2D eigenvalue weighted by Crippen LogP contribution is -2.40. The lowest BCUT2D eigenvalue weighted by molar-refractivity contribution is 0.263. The van der Waals surface area contributed by atoms with Crippen molar-refractivity contribution in [1.82, 2.24) is 14.8 Å². The molecule has 1 aliphatic carbocycles. The Hall–Kier alpha value is -1.50. The van der Waals surface area contributed by atoms with E-state index < -0.39 is 5.54 Å². The molecular formula is C10H13N3O. The minimum Gasteiger partial charge on any atom is -0.264 e. The summed E-state index contributed by atoms with van der Waals surface area (Å²) in [5.74, 6) is 2.76. The van der Waals surface area contributed by atoms with Crippen LogP contribution in [0.15, 0.2) is 11.1 Å². The highest BCUT2D eigenvalue weighted by atomic mass is 16.1. The summed E-state index contributed by atoms with van der Waals surface area (Å²) in [5, 5.41) is 6.11. The molecule has 0 aliphatic heterocycles. The van der Waals surface area contributed by atoms with E-state index in [-0.39, 0.29) is 5.69 Å². The fourth-order valence-corrected chi connectivity index (χ4v) is 2.14. The normalized spacial score (nSPS) is 20.2. The molecular weight excluding hydrogens is 178 g/mol. The summed E-state index contributed by atoms with van der Waals surface area (Å²) in [6, 6.07) is 0. The van der Waals surface area contributed by atoms with E-state index in [1.165, 1.54) is 12.7 Å². The molecule has 1 aromatic heterocycles. The Morgan fingerprint density at radius 2 is 2.21 bits per heavy atom. The molecule has 4 nitrogen and oxygen atoms in total. The van der Waals surface area contributed by atoms with Crippen LogP contribution in [-0.2, 0) is 5.54 Å². The van der Waals surface area contributed by atoms with Gasteiger partial charge >= 0.3 is 5.69 Å². The van der Waals surface area contributed by atoms with E-state index in [1.807, 2.05) is 0 Å². The number of rotatable bonds is 1. The van der Waals surface area contributed by atoms with Crippen LogP contribution in [0.25, 0.3) is 0 Å². The van der Waals surface area contributed by atoms with Crippen molar-refractivity contribution >= 4 is 0 Å². The third-order valence-corrected chi connectivity index (χ3v) is 2.96. The van der Waals surface area contributed by atoms with E-state index in [0.717, 1.165) is 25.7 Å². The molecule has 0 saturated heterocycles. The molecule has 0 bridgehead atoms. The topological polar surface area (TPSA) is 50.7 Å². The van der Waals surface area contributed by atoms with Crippen LogP contribution in [0.3, 0.4) is 0 Å². The first kappa shape index (κ1) is 9.07. The largest absolute Gasteiger partial charge is 0.344 e. The summed E-state index contributed by atoms with van der Waals surface area (Å²) in [6.07, 6.45) is 12.2. The van der Waals surface area contributed by atoms with Crippen molar-refractivity contribution in [3.8, 4) is 12.3 Å². The van der Waals surface area contributed by atoms with Gasteiger partial charge < -0.3 is 0 Å².